The van der Waals surface area contributed by atoms with Crippen LogP contribution in [0.1, 0.15) is 34.1 Å². The van der Waals surface area contributed by atoms with E-state index in [9.17, 15) is 0 Å². The molecule has 0 saturated carbocycles. The highest BCUT2D eigenvalue weighted by Gasteiger charge is 2.14. The van der Waals surface area contributed by atoms with Crippen molar-refractivity contribution in [2.45, 2.75) is 26.8 Å². The van der Waals surface area contributed by atoms with Crippen LogP contribution in [0.2, 0.25) is 0 Å². The van der Waals surface area contributed by atoms with Gasteiger partial charge in [0.25, 0.3) is 0 Å². The second-order valence-electron chi connectivity index (χ2n) is 4.35. The molecule has 1 aromatic carbocycles. The number of hydrogen-bond donors (Lipinski definition) is 1. The first-order valence-corrected chi connectivity index (χ1v) is 7.52. The summed E-state index contributed by atoms with van der Waals surface area (Å²) in [5.74, 6) is 0. The largest absolute Gasteiger partial charge is 0.377 e. The summed E-state index contributed by atoms with van der Waals surface area (Å²) < 4.78 is 0.957. The van der Waals surface area contributed by atoms with Crippen molar-refractivity contribution in [3.8, 4) is 6.07 Å². The van der Waals surface area contributed by atoms with E-state index in [1.165, 1.54) is 4.88 Å². The molecule has 98 valence electrons. The van der Waals surface area contributed by atoms with Gasteiger partial charge in [-0.1, -0.05) is 15.9 Å². The van der Waals surface area contributed by atoms with E-state index in [1.807, 2.05) is 32.0 Å². The van der Waals surface area contributed by atoms with Gasteiger partial charge < -0.3 is 5.32 Å². The topological polar surface area (TPSA) is 48.7 Å². The van der Waals surface area contributed by atoms with Crippen LogP contribution in [0.3, 0.4) is 0 Å². The molecule has 3 nitrogen and oxygen atoms in total. The Hall–Kier alpha value is -1.38. The van der Waals surface area contributed by atoms with Gasteiger partial charge in [-0.25, -0.2) is 4.98 Å². The zero-order chi connectivity index (χ0) is 14.0. The maximum Gasteiger partial charge on any atom is 0.101 e. The first kappa shape index (κ1) is 14.0. The number of halogens is 1. The van der Waals surface area contributed by atoms with E-state index in [0.29, 0.717) is 5.56 Å². The van der Waals surface area contributed by atoms with Crippen molar-refractivity contribution in [1.82, 2.24) is 4.98 Å². The highest BCUT2D eigenvalue weighted by atomic mass is 79.9. The molecule has 1 N–H and O–H groups in total. The third kappa shape index (κ3) is 3.14. The Kier molecular flexibility index (Phi) is 4.23. The monoisotopic (exact) mass is 335 g/mol. The second kappa shape index (κ2) is 5.72. The van der Waals surface area contributed by atoms with Gasteiger partial charge in [-0.05, 0) is 39.0 Å². The van der Waals surface area contributed by atoms with Gasteiger partial charge in [0.15, 0.2) is 0 Å². The molecule has 0 fully saturated rings. The number of aryl methyl sites for hydroxylation is 2. The average Bonchev–Trinajstić information content (AvgIpc) is 2.69. The molecular formula is C14H14BrN3S. The Morgan fingerprint density at radius 1 is 1.42 bits per heavy atom. The quantitative estimate of drug-likeness (QED) is 0.893. The molecule has 2 aromatic rings. The van der Waals surface area contributed by atoms with Crippen LogP contribution in [0, 0.1) is 25.2 Å². The van der Waals surface area contributed by atoms with E-state index >= 15 is 0 Å². The maximum absolute atomic E-state index is 9.14. The number of thiazole rings is 1. The molecule has 1 aromatic heterocycles. The third-order valence-electron chi connectivity index (χ3n) is 2.81. The average molecular weight is 336 g/mol. The van der Waals surface area contributed by atoms with E-state index in [2.05, 4.69) is 39.2 Å². The van der Waals surface area contributed by atoms with Gasteiger partial charge in [-0.15, -0.1) is 11.3 Å². The summed E-state index contributed by atoms with van der Waals surface area (Å²) in [5.41, 5.74) is 2.54. The zero-order valence-corrected chi connectivity index (χ0v) is 13.4. The zero-order valence-electron chi connectivity index (χ0n) is 11.0. The summed E-state index contributed by atoms with van der Waals surface area (Å²) in [4.78, 5) is 5.65. The minimum atomic E-state index is 0.132. The van der Waals surface area contributed by atoms with Crippen LogP contribution < -0.4 is 5.32 Å². The highest BCUT2D eigenvalue weighted by molar-refractivity contribution is 9.10. The lowest BCUT2D eigenvalue weighted by molar-refractivity contribution is 0.889. The molecule has 5 heteroatoms. The summed E-state index contributed by atoms with van der Waals surface area (Å²) in [6.45, 7) is 6.11. The summed E-state index contributed by atoms with van der Waals surface area (Å²) in [5, 5.41) is 13.6. The van der Waals surface area contributed by atoms with Crippen molar-refractivity contribution in [2.24, 2.45) is 0 Å². The minimum absolute atomic E-state index is 0.132. The number of hydrogen-bond acceptors (Lipinski definition) is 4. The molecule has 0 aliphatic heterocycles. The molecule has 0 spiro atoms. The number of nitrogens with one attached hydrogen (secondary N) is 1. The normalized spacial score (nSPS) is 11.9. The lowest BCUT2D eigenvalue weighted by atomic mass is 10.1. The number of anilines is 1. The van der Waals surface area contributed by atoms with Crippen LogP contribution in [0.15, 0.2) is 22.7 Å². The van der Waals surface area contributed by atoms with Gasteiger partial charge in [0.1, 0.15) is 6.07 Å². The number of nitriles is 1. The molecule has 1 heterocycles. The third-order valence-corrected chi connectivity index (χ3v) is 4.56. The predicted octanol–water partition coefficient (Wildman–Crippen LogP) is 4.57. The summed E-state index contributed by atoms with van der Waals surface area (Å²) >= 11 is 5.12. The minimum Gasteiger partial charge on any atom is -0.377 e. The first-order chi connectivity index (χ1) is 9.01. The maximum atomic E-state index is 9.14. The van der Waals surface area contributed by atoms with Gasteiger partial charge in [-0.3, -0.25) is 0 Å². The molecule has 19 heavy (non-hydrogen) atoms. The molecule has 0 amide bonds. The molecule has 0 aliphatic rings. The summed E-state index contributed by atoms with van der Waals surface area (Å²) in [6.07, 6.45) is 0. The smallest absolute Gasteiger partial charge is 0.101 e. The lowest BCUT2D eigenvalue weighted by Crippen LogP contribution is -2.07. The van der Waals surface area contributed by atoms with Crippen LogP contribution in [0.5, 0.6) is 0 Å². The van der Waals surface area contributed by atoms with Crippen LogP contribution in [-0.4, -0.2) is 4.98 Å². The summed E-state index contributed by atoms with van der Waals surface area (Å²) in [6, 6.07) is 7.95. The van der Waals surface area contributed by atoms with Crippen molar-refractivity contribution in [2.75, 3.05) is 5.32 Å². The van der Waals surface area contributed by atoms with E-state index in [-0.39, 0.29) is 6.04 Å². The van der Waals surface area contributed by atoms with E-state index in [0.717, 1.165) is 20.9 Å². The Morgan fingerprint density at radius 2 is 2.16 bits per heavy atom. The van der Waals surface area contributed by atoms with Crippen molar-refractivity contribution in [3.05, 3.63) is 43.8 Å². The molecule has 0 radical (unpaired) electrons. The molecule has 1 unspecified atom stereocenters. The standard InChI is InChI=1S/C14H14BrN3S/c1-8-14(19-10(3)17-8)9(2)18-13-6-12(15)5-4-11(13)7-16/h4-6,9,18H,1-3H3. The van der Waals surface area contributed by atoms with Crippen molar-refractivity contribution >= 4 is 33.0 Å². The predicted molar refractivity (Wildman–Crippen MR) is 82.5 cm³/mol. The van der Waals surface area contributed by atoms with E-state index in [4.69, 9.17) is 5.26 Å². The van der Waals surface area contributed by atoms with Crippen LogP contribution >= 0.6 is 27.3 Å². The number of benzene rings is 1. The molecule has 0 saturated heterocycles. The summed E-state index contributed by atoms with van der Waals surface area (Å²) in [7, 11) is 0. The van der Waals surface area contributed by atoms with Gasteiger partial charge in [0, 0.05) is 9.35 Å². The first-order valence-electron chi connectivity index (χ1n) is 5.91. The van der Waals surface area contributed by atoms with Gasteiger partial charge in [-0.2, -0.15) is 5.26 Å². The van der Waals surface area contributed by atoms with Crippen LogP contribution in [-0.2, 0) is 0 Å². The molecule has 1 atom stereocenters. The lowest BCUT2D eigenvalue weighted by Gasteiger charge is -2.15. The van der Waals surface area contributed by atoms with Gasteiger partial charge in [0.05, 0.1) is 28.0 Å². The number of nitrogens with zero attached hydrogens (tertiary/aromatic N) is 2. The van der Waals surface area contributed by atoms with Crippen molar-refractivity contribution < 1.29 is 0 Å². The van der Waals surface area contributed by atoms with Gasteiger partial charge >= 0.3 is 0 Å². The number of aromatic nitrogens is 1. The van der Waals surface area contributed by atoms with E-state index in [1.54, 1.807) is 11.3 Å². The molecule has 0 aliphatic carbocycles. The van der Waals surface area contributed by atoms with Gasteiger partial charge in [0.2, 0.25) is 0 Å². The molecular weight excluding hydrogens is 322 g/mol. The van der Waals surface area contributed by atoms with Crippen molar-refractivity contribution in [3.63, 3.8) is 0 Å². The SMILES string of the molecule is Cc1nc(C)c(C(C)Nc2cc(Br)ccc2C#N)s1. The Bertz CT molecular complexity index is 643. The highest BCUT2D eigenvalue weighted by Crippen LogP contribution is 2.29. The fourth-order valence-electron chi connectivity index (χ4n) is 1.98. The molecule has 2 rings (SSSR count). The fourth-order valence-corrected chi connectivity index (χ4v) is 3.27. The van der Waals surface area contributed by atoms with E-state index < -0.39 is 0 Å². The second-order valence-corrected chi connectivity index (χ2v) is 6.50. The molecule has 0 bridgehead atoms. The Labute approximate surface area is 125 Å². The fraction of sp³-hybridized carbons (Fsp3) is 0.286. The Balaban J connectivity index is 2.29. The number of rotatable bonds is 3. The van der Waals surface area contributed by atoms with Crippen LogP contribution in [0.25, 0.3) is 0 Å². The van der Waals surface area contributed by atoms with Crippen LogP contribution in [0.4, 0.5) is 5.69 Å². The Morgan fingerprint density at radius 3 is 2.74 bits per heavy atom. The van der Waals surface area contributed by atoms with Crippen molar-refractivity contribution in [1.29, 1.82) is 5.26 Å².